The molecule has 0 heterocycles. The number of aryl methyl sites for hydroxylation is 1. The van der Waals surface area contributed by atoms with Crippen LogP contribution < -0.4 is 14.2 Å². The summed E-state index contributed by atoms with van der Waals surface area (Å²) in [5, 5.41) is 9.08. The van der Waals surface area contributed by atoms with Crippen LogP contribution in [0.5, 0.6) is 11.5 Å². The van der Waals surface area contributed by atoms with E-state index in [-0.39, 0.29) is 21.9 Å². The molecule has 1 N–H and O–H groups in total. The fraction of sp³-hybridized carbons (Fsp3) is 0.188. The number of nitriles is 1. The van der Waals surface area contributed by atoms with Crippen molar-refractivity contribution in [2.75, 3.05) is 18.9 Å². The molecular formula is C16H16N2O4S. The number of benzene rings is 2. The van der Waals surface area contributed by atoms with Gasteiger partial charge in [-0.05, 0) is 30.7 Å². The maximum atomic E-state index is 12.7. The molecule has 0 radical (unpaired) electrons. The van der Waals surface area contributed by atoms with Crippen molar-refractivity contribution >= 4 is 15.7 Å². The highest BCUT2D eigenvalue weighted by Crippen LogP contribution is 2.33. The number of nitrogens with zero attached hydrogens (tertiary/aromatic N) is 1. The molecule has 0 aliphatic heterocycles. The van der Waals surface area contributed by atoms with E-state index in [0.717, 1.165) is 5.56 Å². The first-order chi connectivity index (χ1) is 10.9. The van der Waals surface area contributed by atoms with Crippen LogP contribution in [0, 0.1) is 18.3 Å². The standard InChI is InChI=1S/C16H16N2O4S/c1-11-8-15(22-3)16(9-14(11)21-2)23(19,20)18-13-7-5-4-6-12(13)10-17/h4-9,18H,1-3H3. The van der Waals surface area contributed by atoms with E-state index in [2.05, 4.69) is 4.72 Å². The van der Waals surface area contributed by atoms with E-state index in [0.29, 0.717) is 5.75 Å². The van der Waals surface area contributed by atoms with Crippen molar-refractivity contribution in [3.05, 3.63) is 47.5 Å². The number of nitrogens with one attached hydrogen (secondary N) is 1. The third kappa shape index (κ3) is 3.38. The maximum absolute atomic E-state index is 12.7. The third-order valence-corrected chi connectivity index (χ3v) is 4.65. The number of hydrogen-bond acceptors (Lipinski definition) is 5. The van der Waals surface area contributed by atoms with Crippen LogP contribution in [-0.4, -0.2) is 22.6 Å². The van der Waals surface area contributed by atoms with Gasteiger partial charge in [0.25, 0.3) is 10.0 Å². The average molecular weight is 332 g/mol. The summed E-state index contributed by atoms with van der Waals surface area (Å²) in [6.07, 6.45) is 0. The largest absolute Gasteiger partial charge is 0.496 e. The SMILES string of the molecule is COc1cc(S(=O)(=O)Nc2ccccc2C#N)c(OC)cc1C. The van der Waals surface area contributed by atoms with Crippen molar-refractivity contribution in [3.8, 4) is 17.6 Å². The van der Waals surface area contributed by atoms with E-state index in [9.17, 15) is 8.42 Å². The molecule has 0 aliphatic carbocycles. The Balaban J connectivity index is 2.54. The van der Waals surface area contributed by atoms with Crippen molar-refractivity contribution in [1.29, 1.82) is 5.26 Å². The Morgan fingerprint density at radius 1 is 1.09 bits per heavy atom. The smallest absolute Gasteiger partial charge is 0.265 e. The summed E-state index contributed by atoms with van der Waals surface area (Å²) >= 11 is 0. The van der Waals surface area contributed by atoms with E-state index in [1.54, 1.807) is 25.1 Å². The lowest BCUT2D eigenvalue weighted by Gasteiger charge is -2.15. The zero-order valence-corrected chi connectivity index (χ0v) is 13.8. The minimum absolute atomic E-state index is 0.0600. The van der Waals surface area contributed by atoms with Gasteiger partial charge in [-0.2, -0.15) is 5.26 Å². The van der Waals surface area contributed by atoms with Crippen molar-refractivity contribution in [2.24, 2.45) is 0 Å². The summed E-state index contributed by atoms with van der Waals surface area (Å²) in [6, 6.07) is 11.3. The first-order valence-corrected chi connectivity index (χ1v) is 8.16. The molecule has 0 saturated heterocycles. The minimum atomic E-state index is -3.94. The number of anilines is 1. The molecule has 23 heavy (non-hydrogen) atoms. The molecular weight excluding hydrogens is 316 g/mol. The predicted molar refractivity (Wildman–Crippen MR) is 86.2 cm³/mol. The van der Waals surface area contributed by atoms with Crippen molar-refractivity contribution in [3.63, 3.8) is 0 Å². The van der Waals surface area contributed by atoms with Crippen LogP contribution in [0.3, 0.4) is 0 Å². The van der Waals surface area contributed by atoms with Crippen LogP contribution >= 0.6 is 0 Å². The van der Waals surface area contributed by atoms with Gasteiger partial charge in [0.2, 0.25) is 0 Å². The van der Waals surface area contributed by atoms with Crippen LogP contribution in [0.4, 0.5) is 5.69 Å². The predicted octanol–water partition coefficient (Wildman–Crippen LogP) is 2.68. The molecule has 0 spiro atoms. The molecule has 6 nitrogen and oxygen atoms in total. The molecule has 0 bridgehead atoms. The molecule has 0 aliphatic rings. The molecule has 0 saturated carbocycles. The summed E-state index contributed by atoms with van der Waals surface area (Å²) in [7, 11) is -1.09. The van der Waals surface area contributed by atoms with Gasteiger partial charge in [0, 0.05) is 6.07 Å². The Hall–Kier alpha value is -2.72. The lowest BCUT2D eigenvalue weighted by molar-refractivity contribution is 0.390. The van der Waals surface area contributed by atoms with Crippen LogP contribution in [0.25, 0.3) is 0 Å². The molecule has 2 rings (SSSR count). The minimum Gasteiger partial charge on any atom is -0.496 e. The first kappa shape index (κ1) is 16.6. The molecule has 0 unspecified atom stereocenters. The van der Waals surface area contributed by atoms with E-state index in [1.807, 2.05) is 6.07 Å². The molecule has 120 valence electrons. The molecule has 0 fully saturated rings. The number of ether oxygens (including phenoxy) is 2. The maximum Gasteiger partial charge on any atom is 0.265 e. The van der Waals surface area contributed by atoms with E-state index < -0.39 is 10.0 Å². The van der Waals surface area contributed by atoms with Gasteiger partial charge in [0.1, 0.15) is 22.5 Å². The summed E-state index contributed by atoms with van der Waals surface area (Å²) in [5.74, 6) is 0.630. The van der Waals surface area contributed by atoms with Crippen LogP contribution in [0.15, 0.2) is 41.3 Å². The molecule has 2 aromatic rings. The average Bonchev–Trinajstić information content (AvgIpc) is 2.54. The normalized spacial score (nSPS) is 10.7. The second-order valence-corrected chi connectivity index (χ2v) is 6.39. The van der Waals surface area contributed by atoms with Gasteiger partial charge >= 0.3 is 0 Å². The second kappa shape index (κ2) is 6.58. The monoisotopic (exact) mass is 332 g/mol. The van der Waals surface area contributed by atoms with Crippen molar-refractivity contribution < 1.29 is 17.9 Å². The zero-order valence-electron chi connectivity index (χ0n) is 13.0. The number of rotatable bonds is 5. The lowest BCUT2D eigenvalue weighted by atomic mass is 10.2. The molecule has 0 aromatic heterocycles. The van der Waals surface area contributed by atoms with Gasteiger partial charge in [-0.1, -0.05) is 12.1 Å². The fourth-order valence-electron chi connectivity index (χ4n) is 2.10. The Kier molecular flexibility index (Phi) is 4.77. The number of methoxy groups -OCH3 is 2. The third-order valence-electron chi connectivity index (χ3n) is 3.26. The van der Waals surface area contributed by atoms with Crippen LogP contribution in [-0.2, 0) is 10.0 Å². The number of sulfonamides is 1. The lowest BCUT2D eigenvalue weighted by Crippen LogP contribution is -2.15. The number of hydrogen-bond donors (Lipinski definition) is 1. The second-order valence-electron chi connectivity index (χ2n) is 4.74. The Morgan fingerprint density at radius 3 is 2.35 bits per heavy atom. The molecule has 0 amide bonds. The highest BCUT2D eigenvalue weighted by Gasteiger charge is 2.23. The summed E-state index contributed by atoms with van der Waals surface area (Å²) in [4.78, 5) is -0.0600. The number of para-hydroxylation sites is 1. The van der Waals surface area contributed by atoms with Gasteiger partial charge < -0.3 is 9.47 Å². The topological polar surface area (TPSA) is 88.4 Å². The van der Waals surface area contributed by atoms with Crippen molar-refractivity contribution in [2.45, 2.75) is 11.8 Å². The van der Waals surface area contributed by atoms with Crippen LogP contribution in [0.2, 0.25) is 0 Å². The van der Waals surface area contributed by atoms with E-state index in [1.165, 1.54) is 32.4 Å². The van der Waals surface area contributed by atoms with Gasteiger partial charge in [0.05, 0.1) is 25.5 Å². The molecule has 7 heteroatoms. The summed E-state index contributed by atoms with van der Waals surface area (Å²) in [5.41, 5.74) is 1.19. The Bertz CT molecular complexity index is 870. The van der Waals surface area contributed by atoms with Crippen molar-refractivity contribution in [1.82, 2.24) is 0 Å². The van der Waals surface area contributed by atoms with E-state index in [4.69, 9.17) is 14.7 Å². The van der Waals surface area contributed by atoms with Gasteiger partial charge in [-0.3, -0.25) is 4.72 Å². The van der Waals surface area contributed by atoms with E-state index >= 15 is 0 Å². The quantitative estimate of drug-likeness (QED) is 0.909. The highest BCUT2D eigenvalue weighted by molar-refractivity contribution is 7.92. The summed E-state index contributed by atoms with van der Waals surface area (Å²) < 4.78 is 38.1. The Morgan fingerprint density at radius 2 is 1.74 bits per heavy atom. The zero-order chi connectivity index (χ0) is 17.0. The van der Waals surface area contributed by atoms with Gasteiger partial charge in [-0.15, -0.1) is 0 Å². The molecule has 0 atom stereocenters. The summed E-state index contributed by atoms with van der Waals surface area (Å²) in [6.45, 7) is 1.79. The first-order valence-electron chi connectivity index (χ1n) is 6.67. The highest BCUT2D eigenvalue weighted by atomic mass is 32.2. The molecule has 2 aromatic carbocycles. The Labute approximate surface area is 135 Å². The fourth-order valence-corrected chi connectivity index (χ4v) is 3.35. The van der Waals surface area contributed by atoms with Crippen LogP contribution in [0.1, 0.15) is 11.1 Å². The van der Waals surface area contributed by atoms with Gasteiger partial charge in [0.15, 0.2) is 0 Å². The van der Waals surface area contributed by atoms with Gasteiger partial charge in [-0.25, -0.2) is 8.42 Å².